The molecule has 0 spiro atoms. The lowest BCUT2D eigenvalue weighted by Gasteiger charge is -2.14. The molecule has 0 saturated heterocycles. The van der Waals surface area contributed by atoms with Crippen LogP contribution >= 0.6 is 0 Å². The SMILES string of the molecule is CNC(C)CCc1ccc(OCc2ccc(C)cc2)c(OC)c1. The van der Waals surface area contributed by atoms with Crippen molar-refractivity contribution in [2.75, 3.05) is 14.2 Å². The standard InChI is InChI=1S/C20H27NO2/c1-15-5-8-18(9-6-15)14-23-19-12-11-17(13-20(19)22-4)10-7-16(2)21-3/h5-6,8-9,11-13,16,21H,7,10,14H2,1-4H3. The second-order valence-corrected chi connectivity index (χ2v) is 5.99. The van der Waals surface area contributed by atoms with E-state index in [4.69, 9.17) is 9.47 Å². The molecule has 3 nitrogen and oxygen atoms in total. The number of ether oxygens (including phenoxy) is 2. The Bertz CT molecular complexity index is 608. The van der Waals surface area contributed by atoms with Crippen LogP contribution in [0.4, 0.5) is 0 Å². The van der Waals surface area contributed by atoms with E-state index in [9.17, 15) is 0 Å². The van der Waals surface area contributed by atoms with E-state index in [1.54, 1.807) is 7.11 Å². The van der Waals surface area contributed by atoms with Gasteiger partial charge in [-0.2, -0.15) is 0 Å². The topological polar surface area (TPSA) is 30.5 Å². The zero-order chi connectivity index (χ0) is 16.7. The summed E-state index contributed by atoms with van der Waals surface area (Å²) in [5.41, 5.74) is 3.68. The summed E-state index contributed by atoms with van der Waals surface area (Å²) in [4.78, 5) is 0. The van der Waals surface area contributed by atoms with Crippen LogP contribution in [0.25, 0.3) is 0 Å². The van der Waals surface area contributed by atoms with Crippen LogP contribution in [-0.4, -0.2) is 20.2 Å². The fraction of sp³-hybridized carbons (Fsp3) is 0.400. The summed E-state index contributed by atoms with van der Waals surface area (Å²) in [5.74, 6) is 1.59. The summed E-state index contributed by atoms with van der Waals surface area (Å²) in [7, 11) is 3.68. The second kappa shape index (κ2) is 8.59. The van der Waals surface area contributed by atoms with Crippen molar-refractivity contribution in [1.82, 2.24) is 5.32 Å². The molecule has 1 N–H and O–H groups in total. The molecule has 0 saturated carbocycles. The summed E-state index contributed by atoms with van der Waals surface area (Å²) in [5, 5.41) is 3.26. The summed E-state index contributed by atoms with van der Waals surface area (Å²) < 4.78 is 11.4. The summed E-state index contributed by atoms with van der Waals surface area (Å²) in [6.45, 7) is 4.82. The Labute approximate surface area is 139 Å². The number of rotatable bonds is 8. The highest BCUT2D eigenvalue weighted by Crippen LogP contribution is 2.29. The van der Waals surface area contributed by atoms with Gasteiger partial charge in [-0.1, -0.05) is 35.9 Å². The first kappa shape index (κ1) is 17.4. The third-order valence-corrected chi connectivity index (χ3v) is 4.10. The highest BCUT2D eigenvalue weighted by Gasteiger charge is 2.07. The van der Waals surface area contributed by atoms with Crippen molar-refractivity contribution in [3.8, 4) is 11.5 Å². The Hall–Kier alpha value is -2.00. The number of hydrogen-bond donors (Lipinski definition) is 1. The van der Waals surface area contributed by atoms with Crippen LogP contribution in [0.15, 0.2) is 42.5 Å². The molecule has 0 amide bonds. The quantitative estimate of drug-likeness (QED) is 0.795. The van der Waals surface area contributed by atoms with Crippen molar-refractivity contribution in [1.29, 1.82) is 0 Å². The lowest BCUT2D eigenvalue weighted by molar-refractivity contribution is 0.284. The maximum Gasteiger partial charge on any atom is 0.161 e. The van der Waals surface area contributed by atoms with Gasteiger partial charge in [0, 0.05) is 6.04 Å². The maximum atomic E-state index is 5.92. The van der Waals surface area contributed by atoms with Gasteiger partial charge in [-0.15, -0.1) is 0 Å². The van der Waals surface area contributed by atoms with Gasteiger partial charge in [0.2, 0.25) is 0 Å². The van der Waals surface area contributed by atoms with Crippen molar-refractivity contribution in [2.24, 2.45) is 0 Å². The average molecular weight is 313 g/mol. The molecule has 0 aliphatic carbocycles. The predicted octanol–water partition coefficient (Wildman–Crippen LogP) is 4.12. The van der Waals surface area contributed by atoms with Gasteiger partial charge in [0.1, 0.15) is 6.61 Å². The van der Waals surface area contributed by atoms with Crippen molar-refractivity contribution in [3.63, 3.8) is 0 Å². The zero-order valence-corrected chi connectivity index (χ0v) is 14.6. The molecule has 1 atom stereocenters. The van der Waals surface area contributed by atoms with Crippen molar-refractivity contribution >= 4 is 0 Å². The van der Waals surface area contributed by atoms with Gasteiger partial charge in [0.15, 0.2) is 11.5 Å². The average Bonchev–Trinajstić information content (AvgIpc) is 2.59. The van der Waals surface area contributed by atoms with Gasteiger partial charge >= 0.3 is 0 Å². The Morgan fingerprint density at radius 3 is 2.35 bits per heavy atom. The molecule has 2 rings (SSSR count). The fourth-order valence-corrected chi connectivity index (χ4v) is 2.36. The molecule has 0 radical (unpaired) electrons. The minimum absolute atomic E-state index is 0.512. The molecule has 0 aliphatic rings. The molecule has 0 fully saturated rings. The molecule has 2 aromatic carbocycles. The Morgan fingerprint density at radius 1 is 1.00 bits per heavy atom. The molecule has 2 aromatic rings. The Kier molecular flexibility index (Phi) is 6.48. The molecule has 0 bridgehead atoms. The molecule has 0 aromatic heterocycles. The minimum atomic E-state index is 0.512. The molecule has 124 valence electrons. The molecule has 3 heteroatoms. The first-order chi connectivity index (χ1) is 11.1. The second-order valence-electron chi connectivity index (χ2n) is 5.99. The predicted molar refractivity (Wildman–Crippen MR) is 95.3 cm³/mol. The van der Waals surface area contributed by atoms with Crippen LogP contribution < -0.4 is 14.8 Å². The third-order valence-electron chi connectivity index (χ3n) is 4.10. The lowest BCUT2D eigenvalue weighted by Crippen LogP contribution is -2.21. The molecule has 1 unspecified atom stereocenters. The van der Waals surface area contributed by atoms with Crippen LogP contribution in [0.3, 0.4) is 0 Å². The van der Waals surface area contributed by atoms with Gasteiger partial charge in [-0.3, -0.25) is 0 Å². The number of nitrogens with one attached hydrogen (secondary N) is 1. The number of benzene rings is 2. The number of hydrogen-bond acceptors (Lipinski definition) is 3. The Morgan fingerprint density at radius 2 is 1.70 bits per heavy atom. The molecule has 0 aliphatic heterocycles. The van der Waals surface area contributed by atoms with Crippen molar-refractivity contribution < 1.29 is 9.47 Å². The van der Waals surface area contributed by atoms with E-state index < -0.39 is 0 Å². The van der Waals surface area contributed by atoms with Gasteiger partial charge in [-0.25, -0.2) is 0 Å². The first-order valence-electron chi connectivity index (χ1n) is 8.15. The summed E-state index contributed by atoms with van der Waals surface area (Å²) in [6, 6.07) is 15.1. The van der Waals surface area contributed by atoms with Crippen LogP contribution in [0.1, 0.15) is 30.0 Å². The van der Waals surface area contributed by atoms with Gasteiger partial charge in [0.25, 0.3) is 0 Å². The van der Waals surface area contributed by atoms with Crippen molar-refractivity contribution in [3.05, 3.63) is 59.2 Å². The lowest BCUT2D eigenvalue weighted by atomic mass is 10.1. The van der Waals surface area contributed by atoms with Gasteiger partial charge < -0.3 is 14.8 Å². The third kappa shape index (κ3) is 5.29. The highest BCUT2D eigenvalue weighted by molar-refractivity contribution is 5.43. The smallest absolute Gasteiger partial charge is 0.161 e. The largest absolute Gasteiger partial charge is 0.493 e. The van der Waals surface area contributed by atoms with E-state index in [0.29, 0.717) is 12.6 Å². The number of methoxy groups -OCH3 is 1. The van der Waals surface area contributed by atoms with Crippen LogP contribution in [0.5, 0.6) is 11.5 Å². The van der Waals surface area contributed by atoms with E-state index in [1.807, 2.05) is 13.1 Å². The molecule has 23 heavy (non-hydrogen) atoms. The zero-order valence-electron chi connectivity index (χ0n) is 14.6. The fourth-order valence-electron chi connectivity index (χ4n) is 2.36. The molecular formula is C20H27NO2. The van der Waals surface area contributed by atoms with E-state index in [1.165, 1.54) is 11.1 Å². The van der Waals surface area contributed by atoms with E-state index in [0.717, 1.165) is 29.9 Å². The van der Waals surface area contributed by atoms with Crippen LogP contribution in [0.2, 0.25) is 0 Å². The Balaban J connectivity index is 1.99. The molecular weight excluding hydrogens is 286 g/mol. The van der Waals surface area contributed by atoms with Crippen LogP contribution in [0, 0.1) is 6.92 Å². The highest BCUT2D eigenvalue weighted by atomic mass is 16.5. The summed E-state index contributed by atoms with van der Waals surface area (Å²) in [6.07, 6.45) is 2.12. The van der Waals surface area contributed by atoms with Crippen molar-refractivity contribution in [2.45, 2.75) is 39.3 Å². The number of aryl methyl sites for hydroxylation is 2. The summed E-state index contributed by atoms with van der Waals surface area (Å²) >= 11 is 0. The van der Waals surface area contributed by atoms with E-state index in [2.05, 4.69) is 55.6 Å². The van der Waals surface area contributed by atoms with Gasteiger partial charge in [-0.05, 0) is 57.0 Å². The monoisotopic (exact) mass is 313 g/mol. The minimum Gasteiger partial charge on any atom is -0.493 e. The normalized spacial score (nSPS) is 12.0. The first-order valence-corrected chi connectivity index (χ1v) is 8.15. The van der Waals surface area contributed by atoms with E-state index in [-0.39, 0.29) is 0 Å². The maximum absolute atomic E-state index is 5.92. The molecule has 0 heterocycles. The van der Waals surface area contributed by atoms with E-state index >= 15 is 0 Å². The van der Waals surface area contributed by atoms with Gasteiger partial charge in [0.05, 0.1) is 7.11 Å². The van der Waals surface area contributed by atoms with Crippen LogP contribution in [-0.2, 0) is 13.0 Å².